The summed E-state index contributed by atoms with van der Waals surface area (Å²) in [5.41, 5.74) is 5.93. The smallest absolute Gasteiger partial charge is 0.310 e. The Bertz CT molecular complexity index is 325. The van der Waals surface area contributed by atoms with Crippen LogP contribution in [0.1, 0.15) is 45.4 Å². The first-order chi connectivity index (χ1) is 8.88. The topological polar surface area (TPSA) is 72.6 Å². The molecule has 0 saturated heterocycles. The van der Waals surface area contributed by atoms with Crippen LogP contribution in [-0.4, -0.2) is 43.0 Å². The molecule has 19 heavy (non-hydrogen) atoms. The normalized spacial score (nSPS) is 19.6. The highest BCUT2D eigenvalue weighted by atomic mass is 16.5. The molecular formula is C14H26N2O3. The molecule has 2 N–H and O–H groups in total. The lowest BCUT2D eigenvalue weighted by Gasteiger charge is -2.34. The first-order valence-corrected chi connectivity index (χ1v) is 6.98. The monoisotopic (exact) mass is 270 g/mol. The largest absolute Gasteiger partial charge is 0.469 e. The fourth-order valence-electron chi connectivity index (χ4n) is 2.66. The highest BCUT2D eigenvalue weighted by Crippen LogP contribution is 2.29. The van der Waals surface area contributed by atoms with E-state index >= 15 is 0 Å². The molecule has 0 spiro atoms. The molecule has 5 nitrogen and oxygen atoms in total. The minimum absolute atomic E-state index is 0.0140. The van der Waals surface area contributed by atoms with E-state index < -0.39 is 0 Å². The van der Waals surface area contributed by atoms with E-state index in [4.69, 9.17) is 5.73 Å². The number of ether oxygens (including phenoxy) is 1. The lowest BCUT2D eigenvalue weighted by Crippen LogP contribution is -2.47. The molecule has 0 bridgehead atoms. The fraction of sp³-hybridized carbons (Fsp3) is 0.857. The Morgan fingerprint density at radius 3 is 2.42 bits per heavy atom. The van der Waals surface area contributed by atoms with Crippen molar-refractivity contribution in [1.29, 1.82) is 0 Å². The molecule has 0 heterocycles. The summed E-state index contributed by atoms with van der Waals surface area (Å²) in [6.45, 7) is 2.13. The summed E-state index contributed by atoms with van der Waals surface area (Å²) < 4.78 is 4.66. The summed E-state index contributed by atoms with van der Waals surface area (Å²) in [6, 6.07) is 0. The van der Waals surface area contributed by atoms with E-state index in [9.17, 15) is 9.59 Å². The Kier molecular flexibility index (Phi) is 5.79. The van der Waals surface area contributed by atoms with Gasteiger partial charge in [0.25, 0.3) is 0 Å². The second-order valence-electron chi connectivity index (χ2n) is 5.80. The number of carbonyl (C=O) groups is 2. The van der Waals surface area contributed by atoms with Crippen molar-refractivity contribution >= 4 is 11.9 Å². The van der Waals surface area contributed by atoms with Crippen molar-refractivity contribution in [2.45, 2.75) is 51.0 Å². The standard InChI is InChI=1S/C14H26N2O3/c1-11(13(18)19-3)10-16(2)12(17)9-14(15)7-5-4-6-8-14/h11H,4-10,15H2,1-3H3. The van der Waals surface area contributed by atoms with Crippen LogP contribution in [0.15, 0.2) is 0 Å². The predicted molar refractivity (Wildman–Crippen MR) is 73.4 cm³/mol. The quantitative estimate of drug-likeness (QED) is 0.764. The molecule has 0 radical (unpaired) electrons. The number of nitrogens with zero attached hydrogens (tertiary/aromatic N) is 1. The summed E-state index contributed by atoms with van der Waals surface area (Å²) in [5.74, 6) is -0.584. The average molecular weight is 270 g/mol. The van der Waals surface area contributed by atoms with Crippen LogP contribution < -0.4 is 5.73 Å². The molecule has 1 amide bonds. The van der Waals surface area contributed by atoms with Crippen molar-refractivity contribution < 1.29 is 14.3 Å². The van der Waals surface area contributed by atoms with Crippen LogP contribution in [0.25, 0.3) is 0 Å². The van der Waals surface area contributed by atoms with E-state index in [1.165, 1.54) is 13.5 Å². The average Bonchev–Trinajstić information content (AvgIpc) is 2.37. The predicted octanol–water partition coefficient (Wildman–Crippen LogP) is 1.31. The van der Waals surface area contributed by atoms with Gasteiger partial charge in [-0.15, -0.1) is 0 Å². The van der Waals surface area contributed by atoms with E-state index in [0.717, 1.165) is 25.7 Å². The van der Waals surface area contributed by atoms with Crippen LogP contribution in [0.4, 0.5) is 0 Å². The van der Waals surface area contributed by atoms with Gasteiger partial charge in [0.05, 0.1) is 13.0 Å². The minimum atomic E-state index is -0.349. The van der Waals surface area contributed by atoms with Crippen LogP contribution in [0, 0.1) is 5.92 Å². The number of rotatable bonds is 5. The van der Waals surface area contributed by atoms with Crippen LogP contribution in [0.3, 0.4) is 0 Å². The maximum atomic E-state index is 12.2. The Hall–Kier alpha value is -1.10. The Labute approximate surface area is 115 Å². The van der Waals surface area contributed by atoms with Gasteiger partial charge in [-0.1, -0.05) is 26.2 Å². The molecule has 0 aromatic carbocycles. The zero-order valence-electron chi connectivity index (χ0n) is 12.3. The number of methoxy groups -OCH3 is 1. The third-order valence-corrected chi connectivity index (χ3v) is 3.93. The number of hydrogen-bond acceptors (Lipinski definition) is 4. The van der Waals surface area contributed by atoms with E-state index in [1.807, 2.05) is 0 Å². The summed E-state index contributed by atoms with van der Waals surface area (Å²) in [4.78, 5) is 25.1. The van der Waals surface area contributed by atoms with Gasteiger partial charge in [-0.25, -0.2) is 0 Å². The lowest BCUT2D eigenvalue weighted by atomic mass is 9.80. The molecular weight excluding hydrogens is 244 g/mol. The Balaban J connectivity index is 2.46. The highest BCUT2D eigenvalue weighted by molar-refractivity contribution is 5.78. The zero-order chi connectivity index (χ0) is 14.5. The summed E-state index contributed by atoms with van der Waals surface area (Å²) in [5, 5.41) is 0. The van der Waals surface area contributed by atoms with Gasteiger partial charge in [-0.05, 0) is 12.8 Å². The molecule has 1 aliphatic rings. The van der Waals surface area contributed by atoms with Gasteiger partial charge in [0.1, 0.15) is 0 Å². The molecule has 110 valence electrons. The highest BCUT2D eigenvalue weighted by Gasteiger charge is 2.31. The number of esters is 1. The molecule has 1 unspecified atom stereocenters. The summed E-state index contributed by atoms with van der Waals surface area (Å²) in [6.07, 6.45) is 5.62. The van der Waals surface area contributed by atoms with Gasteiger partial charge in [0.15, 0.2) is 0 Å². The van der Waals surface area contributed by atoms with Gasteiger partial charge in [-0.2, -0.15) is 0 Å². The molecule has 0 aromatic heterocycles. The van der Waals surface area contributed by atoms with E-state index in [2.05, 4.69) is 4.74 Å². The Morgan fingerprint density at radius 1 is 1.32 bits per heavy atom. The first kappa shape index (κ1) is 16.0. The summed E-state index contributed by atoms with van der Waals surface area (Å²) >= 11 is 0. The molecule has 1 aliphatic carbocycles. The van der Waals surface area contributed by atoms with E-state index in [0.29, 0.717) is 13.0 Å². The van der Waals surface area contributed by atoms with Crippen LogP contribution >= 0.6 is 0 Å². The molecule has 1 fully saturated rings. The van der Waals surface area contributed by atoms with Crippen molar-refractivity contribution in [3.05, 3.63) is 0 Å². The van der Waals surface area contributed by atoms with E-state index in [1.54, 1.807) is 18.9 Å². The van der Waals surface area contributed by atoms with Gasteiger partial charge < -0.3 is 15.4 Å². The van der Waals surface area contributed by atoms with Crippen molar-refractivity contribution in [3.63, 3.8) is 0 Å². The van der Waals surface area contributed by atoms with Crippen LogP contribution in [0.5, 0.6) is 0 Å². The molecule has 1 rings (SSSR count). The summed E-state index contributed by atoms with van der Waals surface area (Å²) in [7, 11) is 3.07. The van der Waals surface area contributed by atoms with Gasteiger partial charge in [0.2, 0.25) is 5.91 Å². The van der Waals surface area contributed by atoms with Crippen LogP contribution in [-0.2, 0) is 14.3 Å². The fourth-order valence-corrected chi connectivity index (χ4v) is 2.66. The second-order valence-corrected chi connectivity index (χ2v) is 5.80. The zero-order valence-corrected chi connectivity index (χ0v) is 12.3. The number of nitrogens with two attached hydrogens (primary N) is 1. The number of carbonyl (C=O) groups excluding carboxylic acids is 2. The van der Waals surface area contributed by atoms with Crippen LogP contribution in [0.2, 0.25) is 0 Å². The van der Waals surface area contributed by atoms with Gasteiger partial charge in [-0.3, -0.25) is 9.59 Å². The first-order valence-electron chi connectivity index (χ1n) is 6.98. The SMILES string of the molecule is COC(=O)C(C)CN(C)C(=O)CC1(N)CCCCC1. The molecule has 1 saturated carbocycles. The van der Waals surface area contributed by atoms with Crippen molar-refractivity contribution in [2.24, 2.45) is 11.7 Å². The third-order valence-electron chi connectivity index (χ3n) is 3.93. The van der Waals surface area contributed by atoms with Crippen molar-refractivity contribution in [2.75, 3.05) is 20.7 Å². The molecule has 5 heteroatoms. The number of hydrogen-bond donors (Lipinski definition) is 1. The maximum Gasteiger partial charge on any atom is 0.310 e. The third kappa shape index (κ3) is 4.82. The molecule has 0 aliphatic heterocycles. The second kappa shape index (κ2) is 6.89. The minimum Gasteiger partial charge on any atom is -0.469 e. The molecule has 0 aromatic rings. The lowest BCUT2D eigenvalue weighted by molar-refractivity contribution is -0.146. The Morgan fingerprint density at radius 2 is 1.89 bits per heavy atom. The maximum absolute atomic E-state index is 12.2. The van der Waals surface area contributed by atoms with Gasteiger partial charge >= 0.3 is 5.97 Å². The molecule has 1 atom stereocenters. The van der Waals surface area contributed by atoms with Gasteiger partial charge in [0, 0.05) is 25.6 Å². The van der Waals surface area contributed by atoms with Crippen molar-refractivity contribution in [3.8, 4) is 0 Å². The number of amides is 1. The van der Waals surface area contributed by atoms with E-state index in [-0.39, 0.29) is 23.3 Å². The van der Waals surface area contributed by atoms with Crippen molar-refractivity contribution in [1.82, 2.24) is 4.90 Å².